The maximum absolute atomic E-state index is 13.3. The van der Waals surface area contributed by atoms with Crippen LogP contribution in [0.1, 0.15) is 30.1 Å². The number of benzene rings is 2. The van der Waals surface area contributed by atoms with E-state index in [1.807, 2.05) is 12.1 Å². The minimum Gasteiger partial charge on any atom is -0.393 e. The summed E-state index contributed by atoms with van der Waals surface area (Å²) >= 11 is 0. The van der Waals surface area contributed by atoms with Crippen molar-refractivity contribution in [2.75, 3.05) is 0 Å². The van der Waals surface area contributed by atoms with Crippen LogP contribution in [0.4, 0.5) is 4.39 Å². The monoisotopic (exact) mass is 324 g/mol. The number of aromatic amines is 1. The minimum absolute atomic E-state index is 0.161. The standard InChI is InChI=1S/C19H17FN2O2/c20-13-7-5-11(6-8-13)17(12-9-14(23)10-12)18-21-16-4-2-1-3-15(16)19(24)22-18/h1-8,12,14,17,23H,9-10H2,(H,21,22,24). The Labute approximate surface area is 138 Å². The highest BCUT2D eigenvalue weighted by atomic mass is 19.1. The largest absolute Gasteiger partial charge is 0.393 e. The average molecular weight is 324 g/mol. The summed E-state index contributed by atoms with van der Waals surface area (Å²) in [6, 6.07) is 13.5. The second kappa shape index (κ2) is 5.83. The van der Waals surface area contributed by atoms with Gasteiger partial charge in [0.1, 0.15) is 11.6 Å². The van der Waals surface area contributed by atoms with Gasteiger partial charge >= 0.3 is 0 Å². The van der Waals surface area contributed by atoms with Crippen molar-refractivity contribution >= 4 is 10.9 Å². The molecule has 0 radical (unpaired) electrons. The van der Waals surface area contributed by atoms with Gasteiger partial charge in [0.15, 0.2) is 0 Å². The quantitative estimate of drug-likeness (QED) is 0.778. The Balaban J connectivity index is 1.84. The van der Waals surface area contributed by atoms with E-state index in [-0.39, 0.29) is 29.3 Å². The molecule has 4 rings (SSSR count). The Morgan fingerprint density at radius 3 is 2.54 bits per heavy atom. The number of aromatic nitrogens is 2. The lowest BCUT2D eigenvalue weighted by Crippen LogP contribution is -2.34. The van der Waals surface area contributed by atoms with Gasteiger partial charge in [-0.2, -0.15) is 0 Å². The number of hydrogen-bond acceptors (Lipinski definition) is 3. The molecule has 1 atom stereocenters. The molecule has 0 saturated heterocycles. The Morgan fingerprint density at radius 1 is 1.12 bits per heavy atom. The van der Waals surface area contributed by atoms with E-state index in [2.05, 4.69) is 9.97 Å². The number of nitrogens with zero attached hydrogens (tertiary/aromatic N) is 1. The van der Waals surface area contributed by atoms with Crippen molar-refractivity contribution in [2.24, 2.45) is 5.92 Å². The van der Waals surface area contributed by atoms with E-state index in [1.54, 1.807) is 24.3 Å². The lowest BCUT2D eigenvalue weighted by Gasteiger charge is -2.37. The summed E-state index contributed by atoms with van der Waals surface area (Å²) in [5.74, 6) is 0.286. The summed E-state index contributed by atoms with van der Waals surface area (Å²) < 4.78 is 13.3. The van der Waals surface area contributed by atoms with Crippen LogP contribution < -0.4 is 5.56 Å². The molecule has 4 nitrogen and oxygen atoms in total. The molecule has 1 saturated carbocycles. The van der Waals surface area contributed by atoms with Gasteiger partial charge in [0.2, 0.25) is 0 Å². The Bertz CT molecular complexity index is 930. The molecule has 2 aromatic carbocycles. The summed E-state index contributed by atoms with van der Waals surface area (Å²) in [5.41, 5.74) is 1.36. The number of halogens is 1. The van der Waals surface area contributed by atoms with Crippen molar-refractivity contribution in [3.63, 3.8) is 0 Å². The van der Waals surface area contributed by atoms with E-state index in [4.69, 9.17) is 0 Å². The second-order valence-corrected chi connectivity index (χ2v) is 6.38. The number of fused-ring (bicyclic) bond motifs is 1. The highest BCUT2D eigenvalue weighted by molar-refractivity contribution is 5.77. The van der Waals surface area contributed by atoms with Crippen LogP contribution in [0.15, 0.2) is 53.3 Å². The van der Waals surface area contributed by atoms with Crippen LogP contribution in [-0.4, -0.2) is 21.2 Å². The van der Waals surface area contributed by atoms with Crippen LogP contribution in [0.2, 0.25) is 0 Å². The van der Waals surface area contributed by atoms with Gasteiger partial charge in [0, 0.05) is 5.92 Å². The third kappa shape index (κ3) is 2.61. The molecule has 1 unspecified atom stereocenters. The van der Waals surface area contributed by atoms with Crippen LogP contribution in [0.25, 0.3) is 10.9 Å². The predicted molar refractivity (Wildman–Crippen MR) is 89.3 cm³/mol. The molecule has 3 aromatic rings. The fraction of sp³-hybridized carbons (Fsp3) is 0.263. The fourth-order valence-electron chi connectivity index (χ4n) is 3.48. The zero-order valence-corrected chi connectivity index (χ0v) is 12.9. The van der Waals surface area contributed by atoms with Crippen LogP contribution >= 0.6 is 0 Å². The number of rotatable bonds is 3. The molecule has 0 spiro atoms. The zero-order valence-electron chi connectivity index (χ0n) is 12.9. The molecule has 1 aliphatic rings. The van der Waals surface area contributed by atoms with Crippen molar-refractivity contribution in [1.82, 2.24) is 9.97 Å². The van der Waals surface area contributed by atoms with Crippen molar-refractivity contribution in [1.29, 1.82) is 0 Å². The molecule has 0 aliphatic heterocycles. The first-order chi connectivity index (χ1) is 11.6. The Kier molecular flexibility index (Phi) is 3.65. The third-order valence-electron chi connectivity index (χ3n) is 4.78. The highest BCUT2D eigenvalue weighted by Crippen LogP contribution is 2.42. The normalized spacial score (nSPS) is 21.4. The maximum Gasteiger partial charge on any atom is 0.258 e. The molecule has 2 N–H and O–H groups in total. The molecule has 1 fully saturated rings. The first-order valence-electron chi connectivity index (χ1n) is 8.04. The number of hydrogen-bond donors (Lipinski definition) is 2. The molecule has 1 aromatic heterocycles. The molecule has 1 heterocycles. The molecule has 0 amide bonds. The molecule has 122 valence electrons. The van der Waals surface area contributed by atoms with Crippen LogP contribution in [0.5, 0.6) is 0 Å². The van der Waals surface area contributed by atoms with Gasteiger partial charge in [0.05, 0.1) is 17.0 Å². The van der Waals surface area contributed by atoms with Crippen molar-refractivity contribution in [3.05, 3.63) is 76.1 Å². The summed E-state index contributed by atoms with van der Waals surface area (Å²) in [5, 5.41) is 10.2. The van der Waals surface area contributed by atoms with E-state index in [9.17, 15) is 14.3 Å². The number of aliphatic hydroxyl groups excluding tert-OH is 1. The molecular weight excluding hydrogens is 307 g/mol. The predicted octanol–water partition coefficient (Wildman–Crippen LogP) is 2.97. The SMILES string of the molecule is O=c1[nH]c(C(c2ccc(F)cc2)C2CC(O)C2)nc2ccccc12. The third-order valence-corrected chi connectivity index (χ3v) is 4.78. The summed E-state index contributed by atoms with van der Waals surface area (Å²) in [6.07, 6.45) is 0.988. The van der Waals surface area contributed by atoms with Crippen molar-refractivity contribution in [3.8, 4) is 0 Å². The first-order valence-corrected chi connectivity index (χ1v) is 8.04. The van der Waals surface area contributed by atoms with Gasteiger partial charge in [0.25, 0.3) is 5.56 Å². The smallest absolute Gasteiger partial charge is 0.258 e. The summed E-state index contributed by atoms with van der Waals surface area (Å²) in [7, 11) is 0. The summed E-state index contributed by atoms with van der Waals surface area (Å²) in [6.45, 7) is 0. The lowest BCUT2D eigenvalue weighted by molar-refractivity contribution is 0.0345. The molecule has 5 heteroatoms. The fourth-order valence-corrected chi connectivity index (χ4v) is 3.48. The van der Waals surface area contributed by atoms with Crippen LogP contribution in [0.3, 0.4) is 0 Å². The van der Waals surface area contributed by atoms with Gasteiger partial charge < -0.3 is 10.1 Å². The van der Waals surface area contributed by atoms with E-state index < -0.39 is 0 Å². The summed E-state index contributed by atoms with van der Waals surface area (Å²) in [4.78, 5) is 19.9. The lowest BCUT2D eigenvalue weighted by atomic mass is 9.71. The number of aliphatic hydroxyl groups is 1. The minimum atomic E-state index is -0.315. The molecule has 0 bridgehead atoms. The Morgan fingerprint density at radius 2 is 1.83 bits per heavy atom. The van der Waals surface area contributed by atoms with Crippen LogP contribution in [0, 0.1) is 11.7 Å². The highest BCUT2D eigenvalue weighted by Gasteiger charge is 2.37. The van der Waals surface area contributed by atoms with Crippen LogP contribution in [-0.2, 0) is 0 Å². The zero-order chi connectivity index (χ0) is 16.7. The van der Waals surface area contributed by atoms with E-state index in [0.717, 1.165) is 5.56 Å². The number of H-pyrrole nitrogens is 1. The topological polar surface area (TPSA) is 66.0 Å². The average Bonchev–Trinajstić information content (AvgIpc) is 2.55. The number of para-hydroxylation sites is 1. The van der Waals surface area contributed by atoms with E-state index >= 15 is 0 Å². The van der Waals surface area contributed by atoms with Gasteiger partial charge in [-0.05, 0) is 48.6 Å². The number of nitrogens with one attached hydrogen (secondary N) is 1. The molecule has 1 aliphatic carbocycles. The second-order valence-electron chi connectivity index (χ2n) is 6.38. The van der Waals surface area contributed by atoms with Gasteiger partial charge in [-0.1, -0.05) is 24.3 Å². The van der Waals surface area contributed by atoms with Gasteiger partial charge in [-0.3, -0.25) is 4.79 Å². The van der Waals surface area contributed by atoms with E-state index in [1.165, 1.54) is 12.1 Å². The van der Waals surface area contributed by atoms with E-state index in [0.29, 0.717) is 29.6 Å². The van der Waals surface area contributed by atoms with Gasteiger partial charge in [-0.15, -0.1) is 0 Å². The first kappa shape index (κ1) is 15.0. The molecular formula is C19H17FN2O2. The van der Waals surface area contributed by atoms with Crippen molar-refractivity contribution in [2.45, 2.75) is 24.9 Å². The molecule has 24 heavy (non-hydrogen) atoms. The van der Waals surface area contributed by atoms with Gasteiger partial charge in [-0.25, -0.2) is 9.37 Å². The maximum atomic E-state index is 13.3. The van der Waals surface area contributed by atoms with Crippen molar-refractivity contribution < 1.29 is 9.50 Å². The Hall–Kier alpha value is -2.53.